The highest BCUT2D eigenvalue weighted by Crippen LogP contribution is 2.25. The van der Waals surface area contributed by atoms with Gasteiger partial charge in [-0.25, -0.2) is 14.4 Å². The van der Waals surface area contributed by atoms with E-state index in [0.29, 0.717) is 18.2 Å². The van der Waals surface area contributed by atoms with Crippen molar-refractivity contribution >= 4 is 11.9 Å². The van der Waals surface area contributed by atoms with Crippen molar-refractivity contribution in [2.45, 2.75) is 32.9 Å². The van der Waals surface area contributed by atoms with Crippen molar-refractivity contribution in [3.05, 3.63) is 72.1 Å². The molecule has 1 amide bonds. The lowest BCUT2D eigenvalue weighted by atomic mass is 9.99. The first-order valence-corrected chi connectivity index (χ1v) is 8.90. The molecule has 2 heterocycles. The average molecular weight is 379 g/mol. The fraction of sp³-hybridized carbons (Fsp3) is 0.238. The van der Waals surface area contributed by atoms with Gasteiger partial charge >= 0.3 is 0 Å². The largest absolute Gasteiger partial charge is 0.352 e. The summed E-state index contributed by atoms with van der Waals surface area (Å²) >= 11 is 0. The Kier molecular flexibility index (Phi) is 5.63. The van der Waals surface area contributed by atoms with Crippen molar-refractivity contribution in [1.29, 1.82) is 0 Å². The standard InChI is InChI=1S/C21H22FN5O/c1-14(28)24-11-15-6-4-7-16(10-15)17-12-25-20(26-13-17)27-21(2,3)19-18(22)8-5-9-23-19/h4-10,12-13H,11H2,1-3H3,(H,24,28)(H,25,26,27). The van der Waals surface area contributed by atoms with Crippen LogP contribution in [-0.4, -0.2) is 20.9 Å². The van der Waals surface area contributed by atoms with Gasteiger partial charge in [-0.3, -0.25) is 9.78 Å². The maximum absolute atomic E-state index is 14.1. The quantitative estimate of drug-likeness (QED) is 0.683. The Hall–Kier alpha value is -3.35. The van der Waals surface area contributed by atoms with Gasteiger partial charge in [0.15, 0.2) is 0 Å². The zero-order valence-corrected chi connectivity index (χ0v) is 16.0. The van der Waals surface area contributed by atoms with Crippen molar-refractivity contribution in [2.24, 2.45) is 0 Å². The van der Waals surface area contributed by atoms with E-state index in [9.17, 15) is 9.18 Å². The van der Waals surface area contributed by atoms with Crippen LogP contribution in [0.15, 0.2) is 55.0 Å². The molecule has 2 N–H and O–H groups in total. The number of nitrogens with zero attached hydrogens (tertiary/aromatic N) is 3. The molecule has 0 saturated heterocycles. The number of nitrogens with one attached hydrogen (secondary N) is 2. The molecule has 0 atom stereocenters. The molecule has 0 aliphatic carbocycles. The summed E-state index contributed by atoms with van der Waals surface area (Å²) in [4.78, 5) is 23.9. The number of rotatable bonds is 6. The summed E-state index contributed by atoms with van der Waals surface area (Å²) in [5.41, 5.74) is 2.31. The lowest BCUT2D eigenvalue weighted by Crippen LogP contribution is -2.31. The minimum Gasteiger partial charge on any atom is -0.352 e. The summed E-state index contributed by atoms with van der Waals surface area (Å²) < 4.78 is 14.1. The summed E-state index contributed by atoms with van der Waals surface area (Å²) in [5.74, 6) is -0.0723. The molecule has 1 aromatic carbocycles. The van der Waals surface area contributed by atoms with Gasteiger partial charge in [-0.2, -0.15) is 0 Å². The summed E-state index contributed by atoms with van der Waals surface area (Å²) in [7, 11) is 0. The van der Waals surface area contributed by atoms with E-state index in [1.807, 2.05) is 38.1 Å². The Morgan fingerprint density at radius 2 is 1.82 bits per heavy atom. The predicted molar refractivity (Wildman–Crippen MR) is 106 cm³/mol. The Bertz CT molecular complexity index is 973. The van der Waals surface area contributed by atoms with Gasteiger partial charge in [-0.1, -0.05) is 18.2 Å². The Labute approximate surface area is 163 Å². The van der Waals surface area contributed by atoms with Crippen LogP contribution in [0.5, 0.6) is 0 Å². The number of carbonyl (C=O) groups excluding carboxylic acids is 1. The molecule has 0 radical (unpaired) electrons. The molecular weight excluding hydrogens is 357 g/mol. The number of hydrogen-bond donors (Lipinski definition) is 2. The number of benzene rings is 1. The van der Waals surface area contributed by atoms with Crippen LogP contribution >= 0.6 is 0 Å². The third-order valence-electron chi connectivity index (χ3n) is 4.23. The van der Waals surface area contributed by atoms with Crippen LogP contribution in [0.2, 0.25) is 0 Å². The Balaban J connectivity index is 1.76. The van der Waals surface area contributed by atoms with E-state index in [2.05, 4.69) is 25.6 Å². The van der Waals surface area contributed by atoms with Gasteiger partial charge in [-0.15, -0.1) is 0 Å². The van der Waals surface area contributed by atoms with Crippen molar-refractivity contribution in [1.82, 2.24) is 20.3 Å². The molecule has 6 nitrogen and oxygen atoms in total. The van der Waals surface area contributed by atoms with Crippen LogP contribution in [0.3, 0.4) is 0 Å². The third-order valence-corrected chi connectivity index (χ3v) is 4.23. The van der Waals surface area contributed by atoms with Crippen LogP contribution in [0.4, 0.5) is 10.3 Å². The van der Waals surface area contributed by atoms with E-state index in [0.717, 1.165) is 16.7 Å². The highest BCUT2D eigenvalue weighted by atomic mass is 19.1. The van der Waals surface area contributed by atoms with Crippen LogP contribution in [0, 0.1) is 5.82 Å². The lowest BCUT2D eigenvalue weighted by molar-refractivity contribution is -0.119. The zero-order chi connectivity index (χ0) is 20.1. The molecule has 3 aromatic rings. The molecule has 0 unspecified atom stereocenters. The first kappa shape index (κ1) is 19.4. The SMILES string of the molecule is CC(=O)NCc1cccc(-c2cnc(NC(C)(C)c3ncccc3F)nc2)c1. The number of anilines is 1. The molecule has 144 valence electrons. The highest BCUT2D eigenvalue weighted by molar-refractivity contribution is 5.73. The lowest BCUT2D eigenvalue weighted by Gasteiger charge is -2.25. The Morgan fingerprint density at radius 1 is 1.07 bits per heavy atom. The summed E-state index contributed by atoms with van der Waals surface area (Å²) in [5, 5.41) is 5.90. The average Bonchev–Trinajstić information content (AvgIpc) is 2.67. The van der Waals surface area contributed by atoms with E-state index < -0.39 is 5.54 Å². The van der Waals surface area contributed by atoms with Gasteiger partial charge < -0.3 is 10.6 Å². The first-order chi connectivity index (χ1) is 13.3. The topological polar surface area (TPSA) is 79.8 Å². The van der Waals surface area contributed by atoms with Crippen LogP contribution in [0.1, 0.15) is 32.0 Å². The molecule has 0 spiro atoms. The van der Waals surface area contributed by atoms with Gasteiger partial charge in [0, 0.05) is 37.6 Å². The van der Waals surface area contributed by atoms with Gasteiger partial charge in [0.2, 0.25) is 11.9 Å². The van der Waals surface area contributed by atoms with Gasteiger partial charge in [-0.05, 0) is 43.2 Å². The molecular formula is C21H22FN5O. The predicted octanol–water partition coefficient (Wildman–Crippen LogP) is 3.66. The molecule has 0 fully saturated rings. The maximum Gasteiger partial charge on any atom is 0.223 e. The van der Waals surface area contributed by atoms with E-state index in [-0.39, 0.29) is 11.7 Å². The fourth-order valence-electron chi connectivity index (χ4n) is 2.81. The van der Waals surface area contributed by atoms with Crippen molar-refractivity contribution in [3.63, 3.8) is 0 Å². The van der Waals surface area contributed by atoms with Crippen molar-refractivity contribution in [2.75, 3.05) is 5.32 Å². The van der Waals surface area contributed by atoms with E-state index in [1.54, 1.807) is 24.7 Å². The van der Waals surface area contributed by atoms with Gasteiger partial charge in [0.05, 0.1) is 5.54 Å². The van der Waals surface area contributed by atoms with E-state index >= 15 is 0 Å². The summed E-state index contributed by atoms with van der Waals surface area (Å²) in [6, 6.07) is 10.7. The molecule has 3 rings (SSSR count). The molecule has 0 bridgehead atoms. The number of halogens is 1. The number of aromatic nitrogens is 3. The zero-order valence-electron chi connectivity index (χ0n) is 16.0. The monoisotopic (exact) mass is 379 g/mol. The van der Waals surface area contributed by atoms with Crippen molar-refractivity contribution in [3.8, 4) is 11.1 Å². The Morgan fingerprint density at radius 3 is 2.50 bits per heavy atom. The molecule has 28 heavy (non-hydrogen) atoms. The highest BCUT2D eigenvalue weighted by Gasteiger charge is 2.26. The van der Waals surface area contributed by atoms with Gasteiger partial charge in [0.1, 0.15) is 11.5 Å². The summed E-state index contributed by atoms with van der Waals surface area (Å²) in [6.45, 7) is 5.59. The van der Waals surface area contributed by atoms with Crippen LogP contribution in [-0.2, 0) is 16.9 Å². The number of hydrogen-bond acceptors (Lipinski definition) is 5. The minimum absolute atomic E-state index is 0.0730. The third kappa shape index (κ3) is 4.68. The van der Waals surface area contributed by atoms with Crippen LogP contribution < -0.4 is 10.6 Å². The molecule has 7 heteroatoms. The van der Waals surface area contributed by atoms with Gasteiger partial charge in [0.25, 0.3) is 0 Å². The van der Waals surface area contributed by atoms with Crippen molar-refractivity contribution < 1.29 is 9.18 Å². The molecule has 0 aliphatic heterocycles. The second kappa shape index (κ2) is 8.12. The smallest absolute Gasteiger partial charge is 0.223 e. The van der Waals surface area contributed by atoms with E-state index in [4.69, 9.17) is 0 Å². The first-order valence-electron chi connectivity index (χ1n) is 8.90. The molecule has 2 aromatic heterocycles. The maximum atomic E-state index is 14.1. The molecule has 0 aliphatic rings. The summed E-state index contributed by atoms with van der Waals surface area (Å²) in [6.07, 6.45) is 4.97. The molecule has 0 saturated carbocycles. The fourth-order valence-corrected chi connectivity index (χ4v) is 2.81. The van der Waals surface area contributed by atoms with Crippen LogP contribution in [0.25, 0.3) is 11.1 Å². The van der Waals surface area contributed by atoms with E-state index in [1.165, 1.54) is 13.0 Å². The number of pyridine rings is 1. The minimum atomic E-state index is -0.773. The number of amides is 1. The second-order valence-corrected chi connectivity index (χ2v) is 6.99. The second-order valence-electron chi connectivity index (χ2n) is 6.99. The normalized spacial score (nSPS) is 11.1. The number of carbonyl (C=O) groups is 1.